The number of nitrogens with one attached hydrogen (secondary N) is 1. The average Bonchev–Trinajstić information content (AvgIpc) is 2.61. The molecule has 1 aliphatic heterocycles. The maximum atomic E-state index is 5.31. The van der Waals surface area contributed by atoms with Crippen molar-refractivity contribution in [2.45, 2.75) is 18.8 Å². The number of anilines is 1. The molecule has 1 aromatic rings. The molecule has 2 heterocycles. The van der Waals surface area contributed by atoms with Crippen LogP contribution in [0.2, 0.25) is 0 Å². The summed E-state index contributed by atoms with van der Waals surface area (Å²) in [5.41, 5.74) is 0. The zero-order valence-electron chi connectivity index (χ0n) is 8.66. The van der Waals surface area contributed by atoms with Crippen molar-refractivity contribution in [1.29, 1.82) is 0 Å². The van der Waals surface area contributed by atoms with Crippen molar-refractivity contribution in [3.05, 3.63) is 5.82 Å². The second-order valence-corrected chi connectivity index (χ2v) is 3.55. The van der Waals surface area contributed by atoms with Crippen LogP contribution in [0.25, 0.3) is 0 Å². The van der Waals surface area contributed by atoms with Crippen molar-refractivity contribution in [3.8, 4) is 0 Å². The third-order valence-electron chi connectivity index (χ3n) is 2.59. The molecule has 1 aromatic heterocycles. The van der Waals surface area contributed by atoms with Gasteiger partial charge in [0.25, 0.3) is 0 Å². The van der Waals surface area contributed by atoms with Gasteiger partial charge in [0.15, 0.2) is 5.82 Å². The molecule has 0 amide bonds. The zero-order chi connectivity index (χ0) is 9.97. The molecular formula is C9H16N4O. The minimum atomic E-state index is 0.469. The van der Waals surface area contributed by atoms with E-state index in [1.54, 1.807) is 4.68 Å². The highest BCUT2D eigenvalue weighted by Crippen LogP contribution is 2.24. The number of hydrogen-bond donors (Lipinski definition) is 1. The van der Waals surface area contributed by atoms with E-state index in [1.165, 1.54) is 0 Å². The fourth-order valence-electron chi connectivity index (χ4n) is 1.75. The molecule has 0 atom stereocenters. The Labute approximate surface area is 83.5 Å². The molecule has 0 spiro atoms. The Morgan fingerprint density at radius 3 is 2.71 bits per heavy atom. The van der Waals surface area contributed by atoms with Crippen LogP contribution < -0.4 is 5.32 Å². The van der Waals surface area contributed by atoms with E-state index in [1.807, 2.05) is 14.1 Å². The molecule has 0 unspecified atom stereocenters. The summed E-state index contributed by atoms with van der Waals surface area (Å²) in [5.74, 6) is 2.24. The smallest absolute Gasteiger partial charge is 0.220 e. The summed E-state index contributed by atoms with van der Waals surface area (Å²) in [6.45, 7) is 1.66. The highest BCUT2D eigenvalue weighted by atomic mass is 16.5. The van der Waals surface area contributed by atoms with Gasteiger partial charge in [-0.15, -0.1) is 0 Å². The third-order valence-corrected chi connectivity index (χ3v) is 2.59. The molecule has 5 nitrogen and oxygen atoms in total. The van der Waals surface area contributed by atoms with Crippen molar-refractivity contribution in [2.75, 3.05) is 25.6 Å². The van der Waals surface area contributed by atoms with Crippen molar-refractivity contribution in [2.24, 2.45) is 7.05 Å². The van der Waals surface area contributed by atoms with Gasteiger partial charge in [-0.25, -0.2) is 4.68 Å². The van der Waals surface area contributed by atoms with Gasteiger partial charge in [-0.3, -0.25) is 0 Å². The lowest BCUT2D eigenvalue weighted by atomic mass is 10.00. The van der Waals surface area contributed by atoms with Crippen LogP contribution in [0.15, 0.2) is 0 Å². The van der Waals surface area contributed by atoms with E-state index in [9.17, 15) is 0 Å². The monoisotopic (exact) mass is 196 g/mol. The van der Waals surface area contributed by atoms with E-state index >= 15 is 0 Å². The number of nitrogens with zero attached hydrogens (tertiary/aromatic N) is 3. The predicted molar refractivity (Wildman–Crippen MR) is 53.3 cm³/mol. The SMILES string of the molecule is CNc1nc(C2CCOCC2)nn1C. The Kier molecular flexibility index (Phi) is 2.67. The summed E-state index contributed by atoms with van der Waals surface area (Å²) in [4.78, 5) is 4.44. The van der Waals surface area contributed by atoms with E-state index < -0.39 is 0 Å². The van der Waals surface area contributed by atoms with E-state index in [0.29, 0.717) is 5.92 Å². The van der Waals surface area contributed by atoms with Crippen LogP contribution in [0.5, 0.6) is 0 Å². The molecule has 5 heteroatoms. The highest BCUT2D eigenvalue weighted by Gasteiger charge is 2.20. The van der Waals surface area contributed by atoms with Crippen molar-refractivity contribution >= 4 is 5.95 Å². The van der Waals surface area contributed by atoms with Crippen LogP contribution in [0.4, 0.5) is 5.95 Å². The van der Waals surface area contributed by atoms with Crippen LogP contribution in [0.3, 0.4) is 0 Å². The first kappa shape index (κ1) is 9.45. The van der Waals surface area contributed by atoms with Gasteiger partial charge in [0, 0.05) is 33.2 Å². The minimum Gasteiger partial charge on any atom is -0.381 e. The molecule has 0 saturated carbocycles. The van der Waals surface area contributed by atoms with Gasteiger partial charge in [-0.1, -0.05) is 0 Å². The lowest BCUT2D eigenvalue weighted by molar-refractivity contribution is 0.0836. The van der Waals surface area contributed by atoms with Crippen molar-refractivity contribution in [1.82, 2.24) is 14.8 Å². The van der Waals surface area contributed by atoms with Crippen LogP contribution in [-0.4, -0.2) is 35.0 Å². The summed E-state index contributed by atoms with van der Waals surface area (Å²) >= 11 is 0. The molecule has 1 saturated heterocycles. The molecule has 2 rings (SSSR count). The molecule has 0 radical (unpaired) electrons. The Bertz CT molecular complexity index is 304. The first-order valence-electron chi connectivity index (χ1n) is 4.97. The molecule has 1 N–H and O–H groups in total. The van der Waals surface area contributed by atoms with Crippen molar-refractivity contribution < 1.29 is 4.74 Å². The fourth-order valence-corrected chi connectivity index (χ4v) is 1.75. The summed E-state index contributed by atoms with van der Waals surface area (Å²) in [5, 5.41) is 7.41. The molecule has 0 aromatic carbocycles. The normalized spacial score (nSPS) is 18.4. The third kappa shape index (κ3) is 1.72. The Morgan fingerprint density at radius 1 is 1.43 bits per heavy atom. The number of hydrogen-bond acceptors (Lipinski definition) is 4. The standard InChI is InChI=1S/C9H16N4O/c1-10-9-11-8(12-13(9)2)7-3-5-14-6-4-7/h7H,3-6H2,1-2H3,(H,10,11,12). The lowest BCUT2D eigenvalue weighted by Gasteiger charge is -2.18. The van der Waals surface area contributed by atoms with E-state index in [0.717, 1.165) is 37.8 Å². The molecule has 0 bridgehead atoms. The van der Waals surface area contributed by atoms with E-state index in [4.69, 9.17) is 4.74 Å². The Balaban J connectivity index is 2.14. The average molecular weight is 196 g/mol. The molecule has 78 valence electrons. The number of ether oxygens (including phenoxy) is 1. The number of aromatic nitrogens is 3. The molecular weight excluding hydrogens is 180 g/mol. The second kappa shape index (κ2) is 3.96. The van der Waals surface area contributed by atoms with Gasteiger partial charge in [-0.2, -0.15) is 10.1 Å². The van der Waals surface area contributed by atoms with Crippen LogP contribution in [-0.2, 0) is 11.8 Å². The van der Waals surface area contributed by atoms with Gasteiger partial charge >= 0.3 is 0 Å². The first-order valence-corrected chi connectivity index (χ1v) is 4.97. The molecule has 1 fully saturated rings. The van der Waals surface area contributed by atoms with Gasteiger partial charge < -0.3 is 10.1 Å². The summed E-state index contributed by atoms with van der Waals surface area (Å²) in [6, 6.07) is 0. The first-order chi connectivity index (χ1) is 6.81. The zero-order valence-corrected chi connectivity index (χ0v) is 8.66. The largest absolute Gasteiger partial charge is 0.381 e. The minimum absolute atomic E-state index is 0.469. The van der Waals surface area contributed by atoms with Gasteiger partial charge in [0.2, 0.25) is 5.95 Å². The summed E-state index contributed by atoms with van der Waals surface area (Å²) in [7, 11) is 3.76. The molecule has 14 heavy (non-hydrogen) atoms. The topological polar surface area (TPSA) is 52.0 Å². The predicted octanol–water partition coefficient (Wildman–Crippen LogP) is 0.751. The fraction of sp³-hybridized carbons (Fsp3) is 0.778. The van der Waals surface area contributed by atoms with Crippen LogP contribution in [0, 0.1) is 0 Å². The summed E-state index contributed by atoms with van der Waals surface area (Å²) in [6.07, 6.45) is 2.07. The Morgan fingerprint density at radius 2 is 2.14 bits per heavy atom. The number of aryl methyl sites for hydroxylation is 1. The second-order valence-electron chi connectivity index (χ2n) is 3.55. The van der Waals surface area contributed by atoms with Gasteiger partial charge in [0.05, 0.1) is 0 Å². The quantitative estimate of drug-likeness (QED) is 0.758. The Hall–Kier alpha value is -1.10. The lowest BCUT2D eigenvalue weighted by Crippen LogP contribution is -2.15. The van der Waals surface area contributed by atoms with E-state index in [-0.39, 0.29) is 0 Å². The number of rotatable bonds is 2. The van der Waals surface area contributed by atoms with Gasteiger partial charge in [0.1, 0.15) is 0 Å². The maximum Gasteiger partial charge on any atom is 0.220 e. The molecule has 1 aliphatic rings. The maximum absolute atomic E-state index is 5.31. The van der Waals surface area contributed by atoms with Crippen LogP contribution >= 0.6 is 0 Å². The van der Waals surface area contributed by atoms with E-state index in [2.05, 4.69) is 15.4 Å². The highest BCUT2D eigenvalue weighted by molar-refractivity contribution is 5.24. The van der Waals surface area contributed by atoms with Crippen LogP contribution in [0.1, 0.15) is 24.6 Å². The van der Waals surface area contributed by atoms with Crippen molar-refractivity contribution in [3.63, 3.8) is 0 Å². The van der Waals surface area contributed by atoms with Gasteiger partial charge in [-0.05, 0) is 12.8 Å². The molecule has 0 aliphatic carbocycles. The summed E-state index contributed by atoms with van der Waals surface area (Å²) < 4.78 is 7.09.